The van der Waals surface area contributed by atoms with Crippen molar-refractivity contribution in [3.05, 3.63) is 18.0 Å². The first-order valence-corrected chi connectivity index (χ1v) is 6.60. The van der Waals surface area contributed by atoms with E-state index in [2.05, 4.69) is 9.97 Å². The molecule has 0 unspecified atom stereocenters. The van der Waals surface area contributed by atoms with Crippen molar-refractivity contribution in [2.75, 3.05) is 18.8 Å². The van der Waals surface area contributed by atoms with Gasteiger partial charge in [0, 0.05) is 31.0 Å². The summed E-state index contributed by atoms with van der Waals surface area (Å²) in [6, 6.07) is 0. The van der Waals surface area contributed by atoms with E-state index >= 15 is 0 Å². The average molecular weight is 253 g/mol. The maximum atomic E-state index is 11.8. The first-order chi connectivity index (χ1) is 8.29. The van der Waals surface area contributed by atoms with Gasteiger partial charge in [-0.1, -0.05) is 11.8 Å². The van der Waals surface area contributed by atoms with Crippen molar-refractivity contribution in [1.29, 1.82) is 0 Å². The summed E-state index contributed by atoms with van der Waals surface area (Å²) in [6.07, 6.45) is 5.38. The third-order valence-corrected chi connectivity index (χ3v) is 3.51. The van der Waals surface area contributed by atoms with Crippen LogP contribution in [0.2, 0.25) is 0 Å². The van der Waals surface area contributed by atoms with Crippen molar-refractivity contribution in [3.63, 3.8) is 0 Å². The normalized spacial score (nSPS) is 15.2. The van der Waals surface area contributed by atoms with Crippen molar-refractivity contribution in [3.8, 4) is 0 Å². The molecule has 6 heteroatoms. The molecule has 1 fully saturated rings. The lowest BCUT2D eigenvalue weighted by atomic mass is 10.4. The molecule has 0 aliphatic carbocycles. The van der Waals surface area contributed by atoms with E-state index in [-0.39, 0.29) is 12.5 Å². The highest BCUT2D eigenvalue weighted by Gasteiger charge is 2.17. The van der Waals surface area contributed by atoms with Crippen LogP contribution in [-0.4, -0.2) is 44.7 Å². The quantitative estimate of drug-likeness (QED) is 0.631. The van der Waals surface area contributed by atoms with Crippen LogP contribution in [0.4, 0.5) is 0 Å². The fourth-order valence-corrected chi connectivity index (χ4v) is 2.37. The first kappa shape index (κ1) is 12.3. The fourth-order valence-electron chi connectivity index (χ4n) is 1.68. The Kier molecular flexibility index (Phi) is 4.33. The van der Waals surface area contributed by atoms with Gasteiger partial charge in [-0.15, -0.1) is 0 Å². The van der Waals surface area contributed by atoms with Gasteiger partial charge in [-0.2, -0.15) is 0 Å². The van der Waals surface area contributed by atoms with Crippen molar-refractivity contribution in [2.45, 2.75) is 24.6 Å². The molecular weight excluding hydrogens is 238 g/mol. The number of aliphatic hydroxyl groups is 1. The molecule has 1 amide bonds. The molecule has 0 radical (unpaired) electrons. The molecule has 0 bridgehead atoms. The second kappa shape index (κ2) is 5.97. The van der Waals surface area contributed by atoms with Crippen molar-refractivity contribution in [1.82, 2.24) is 14.9 Å². The number of thioether (sulfide) groups is 1. The molecule has 1 N–H and O–H groups in total. The lowest BCUT2D eigenvalue weighted by molar-refractivity contribution is -0.127. The summed E-state index contributed by atoms with van der Waals surface area (Å²) in [5, 5.41) is 9.42. The van der Waals surface area contributed by atoms with Gasteiger partial charge in [0.15, 0.2) is 5.16 Å². The number of aliphatic hydroxyl groups excluding tert-OH is 1. The maximum absolute atomic E-state index is 11.8. The zero-order valence-corrected chi connectivity index (χ0v) is 10.3. The Balaban J connectivity index is 1.82. The lowest BCUT2D eigenvalue weighted by Gasteiger charge is -2.14. The van der Waals surface area contributed by atoms with Gasteiger partial charge in [0.2, 0.25) is 5.91 Å². The van der Waals surface area contributed by atoms with Gasteiger partial charge in [-0.05, 0) is 12.8 Å². The maximum Gasteiger partial charge on any atom is 0.233 e. The smallest absolute Gasteiger partial charge is 0.233 e. The van der Waals surface area contributed by atoms with E-state index in [0.29, 0.717) is 16.5 Å². The number of carbonyl (C=O) groups is 1. The highest BCUT2D eigenvalue weighted by molar-refractivity contribution is 7.99. The second-order valence-electron chi connectivity index (χ2n) is 3.91. The van der Waals surface area contributed by atoms with Gasteiger partial charge >= 0.3 is 0 Å². The van der Waals surface area contributed by atoms with Gasteiger partial charge in [-0.25, -0.2) is 9.97 Å². The highest BCUT2D eigenvalue weighted by Crippen LogP contribution is 2.15. The van der Waals surface area contributed by atoms with Gasteiger partial charge in [-0.3, -0.25) is 4.79 Å². The monoisotopic (exact) mass is 253 g/mol. The van der Waals surface area contributed by atoms with Crippen LogP contribution in [0.1, 0.15) is 18.4 Å². The minimum absolute atomic E-state index is 0.0579. The third kappa shape index (κ3) is 3.41. The summed E-state index contributed by atoms with van der Waals surface area (Å²) in [6.45, 7) is 1.70. The number of hydrogen-bond donors (Lipinski definition) is 1. The molecule has 1 aromatic rings. The molecule has 5 nitrogen and oxygen atoms in total. The zero-order chi connectivity index (χ0) is 12.1. The second-order valence-corrected chi connectivity index (χ2v) is 4.85. The molecule has 92 valence electrons. The topological polar surface area (TPSA) is 66.3 Å². The molecule has 0 saturated carbocycles. The molecule has 1 aliphatic rings. The molecule has 2 rings (SSSR count). The Morgan fingerprint density at radius 1 is 1.35 bits per heavy atom. The third-order valence-electron chi connectivity index (χ3n) is 2.65. The summed E-state index contributed by atoms with van der Waals surface area (Å²) >= 11 is 1.34. The van der Waals surface area contributed by atoms with Crippen LogP contribution in [0, 0.1) is 0 Å². The summed E-state index contributed by atoms with van der Waals surface area (Å²) in [5.41, 5.74) is 0.681. The summed E-state index contributed by atoms with van der Waals surface area (Å²) in [5.74, 6) is 0.542. The van der Waals surface area contributed by atoms with Gasteiger partial charge < -0.3 is 10.0 Å². The van der Waals surface area contributed by atoms with Crippen LogP contribution in [0.5, 0.6) is 0 Å². The van der Waals surface area contributed by atoms with E-state index in [1.54, 1.807) is 12.4 Å². The molecule has 1 saturated heterocycles. The van der Waals surface area contributed by atoms with E-state index in [1.165, 1.54) is 11.8 Å². The predicted octanol–water partition coefficient (Wildman–Crippen LogP) is 0.683. The number of likely N-dealkylation sites (tertiary alicyclic amines) is 1. The Bertz CT molecular complexity index is 377. The predicted molar refractivity (Wildman–Crippen MR) is 64.5 cm³/mol. The minimum atomic E-state index is -0.0579. The largest absolute Gasteiger partial charge is 0.392 e. The number of carbonyl (C=O) groups excluding carboxylic acids is 1. The molecule has 17 heavy (non-hydrogen) atoms. The van der Waals surface area contributed by atoms with Crippen molar-refractivity contribution >= 4 is 17.7 Å². The van der Waals surface area contributed by atoms with Gasteiger partial charge in [0.05, 0.1) is 12.4 Å². The Labute approximate surface area is 104 Å². The first-order valence-electron chi connectivity index (χ1n) is 5.62. The van der Waals surface area contributed by atoms with Crippen LogP contribution in [0.25, 0.3) is 0 Å². The number of nitrogens with zero attached hydrogens (tertiary/aromatic N) is 3. The van der Waals surface area contributed by atoms with Gasteiger partial charge in [0.25, 0.3) is 0 Å². The van der Waals surface area contributed by atoms with E-state index in [1.807, 2.05) is 4.90 Å². The molecule has 0 spiro atoms. The van der Waals surface area contributed by atoms with Crippen LogP contribution < -0.4 is 0 Å². The molecule has 0 atom stereocenters. The number of aromatic nitrogens is 2. The van der Waals surface area contributed by atoms with Crippen molar-refractivity contribution in [2.24, 2.45) is 0 Å². The van der Waals surface area contributed by atoms with E-state index in [4.69, 9.17) is 5.11 Å². The highest BCUT2D eigenvalue weighted by atomic mass is 32.2. The van der Waals surface area contributed by atoms with Gasteiger partial charge in [0.1, 0.15) is 0 Å². The molecule has 2 heterocycles. The average Bonchev–Trinajstić information content (AvgIpc) is 2.90. The molecule has 1 aliphatic heterocycles. The van der Waals surface area contributed by atoms with Crippen LogP contribution in [0.15, 0.2) is 17.6 Å². The van der Waals surface area contributed by atoms with E-state index in [0.717, 1.165) is 25.9 Å². The minimum Gasteiger partial charge on any atom is -0.392 e. The Morgan fingerprint density at radius 3 is 2.59 bits per heavy atom. The van der Waals surface area contributed by atoms with Crippen LogP contribution in [-0.2, 0) is 11.4 Å². The Hall–Kier alpha value is -1.14. The van der Waals surface area contributed by atoms with E-state index < -0.39 is 0 Å². The summed E-state index contributed by atoms with van der Waals surface area (Å²) < 4.78 is 0. The van der Waals surface area contributed by atoms with Crippen molar-refractivity contribution < 1.29 is 9.90 Å². The number of amides is 1. The molecule has 1 aromatic heterocycles. The number of hydrogen-bond acceptors (Lipinski definition) is 5. The standard InChI is InChI=1S/C11H15N3O2S/c15-7-9-5-12-11(13-6-9)17-8-10(16)14-3-1-2-4-14/h5-6,15H,1-4,7-8H2. The zero-order valence-electron chi connectivity index (χ0n) is 9.50. The number of rotatable bonds is 4. The Morgan fingerprint density at radius 2 is 2.00 bits per heavy atom. The summed E-state index contributed by atoms with van der Waals surface area (Å²) in [4.78, 5) is 21.8. The lowest BCUT2D eigenvalue weighted by Crippen LogP contribution is -2.29. The van der Waals surface area contributed by atoms with E-state index in [9.17, 15) is 4.79 Å². The van der Waals surface area contributed by atoms with Crippen LogP contribution in [0.3, 0.4) is 0 Å². The summed E-state index contributed by atoms with van der Waals surface area (Å²) in [7, 11) is 0. The SMILES string of the molecule is O=C(CSc1ncc(CO)cn1)N1CCCC1. The molecular formula is C11H15N3O2S. The molecule has 0 aromatic carbocycles. The van der Waals surface area contributed by atoms with Crippen LogP contribution >= 0.6 is 11.8 Å². The fraction of sp³-hybridized carbons (Fsp3) is 0.545.